The minimum atomic E-state index is -4.64. The third-order valence-corrected chi connectivity index (χ3v) is 1.37. The molecular formula is C6H20MgN12O8P2. The predicted octanol–water partition coefficient (Wildman–Crippen LogP) is -4.78. The first kappa shape index (κ1) is 31.5. The molecule has 2 aromatic rings. The van der Waals surface area contributed by atoms with Crippen molar-refractivity contribution >= 4 is 74.4 Å². The van der Waals surface area contributed by atoms with E-state index in [1.807, 2.05) is 0 Å². The fourth-order valence-corrected chi connectivity index (χ4v) is 0.854. The third-order valence-electron chi connectivity index (χ3n) is 1.37. The van der Waals surface area contributed by atoms with Crippen molar-refractivity contribution in [2.45, 2.75) is 0 Å². The molecule has 0 spiro atoms. The van der Waals surface area contributed by atoms with Crippen LogP contribution in [0.5, 0.6) is 0 Å². The molecule has 0 unspecified atom stereocenters. The molecule has 2 heterocycles. The molecule has 0 radical (unpaired) electrons. The molecule has 0 fully saturated rings. The summed E-state index contributed by atoms with van der Waals surface area (Å²) in [5, 5.41) is 0. The van der Waals surface area contributed by atoms with Crippen molar-refractivity contribution in [2.24, 2.45) is 0 Å². The molecule has 2 aromatic heterocycles. The number of phosphoric acid groups is 2. The van der Waals surface area contributed by atoms with E-state index >= 15 is 0 Å². The zero-order chi connectivity index (χ0) is 22.7. The molecule has 0 aliphatic carbocycles. The summed E-state index contributed by atoms with van der Waals surface area (Å²) in [4.78, 5) is 64.1. The zero-order valence-corrected chi connectivity index (χ0v) is 17.5. The van der Waals surface area contributed by atoms with Gasteiger partial charge in [0, 0.05) is 0 Å². The number of nitrogens with zero attached hydrogens (tertiary/aromatic N) is 6. The van der Waals surface area contributed by atoms with Gasteiger partial charge in [-0.15, -0.1) is 0 Å². The van der Waals surface area contributed by atoms with Crippen LogP contribution in [0, 0.1) is 0 Å². The van der Waals surface area contributed by atoms with Crippen LogP contribution in [0.4, 0.5) is 35.7 Å². The molecule has 0 aliphatic rings. The summed E-state index contributed by atoms with van der Waals surface area (Å²) in [6.07, 6.45) is 0. The van der Waals surface area contributed by atoms with E-state index in [-0.39, 0.29) is 61.6 Å². The average molecular weight is 475 g/mol. The molecule has 2 rings (SSSR count). The molecule has 0 saturated carbocycles. The molecule has 0 atom stereocenters. The van der Waals surface area contributed by atoms with E-state index in [2.05, 4.69) is 29.9 Å². The summed E-state index contributed by atoms with van der Waals surface area (Å²) in [5.41, 5.74) is 30.8. The Morgan fingerprint density at radius 3 is 0.621 bits per heavy atom. The fraction of sp³-hybridized carbons (Fsp3) is 0. The van der Waals surface area contributed by atoms with Crippen molar-refractivity contribution in [3.63, 3.8) is 0 Å². The SMILES string of the molecule is Nc1nc(N)nc(N)n1.Nc1nc(N)nc(N)n1.O=P(O)(O)O.O=P(O)(O)O.[H-].[H-].[Mg+2]. The van der Waals surface area contributed by atoms with Crippen LogP contribution in [0.3, 0.4) is 0 Å². The Labute approximate surface area is 180 Å². The van der Waals surface area contributed by atoms with Gasteiger partial charge in [0.15, 0.2) is 0 Å². The maximum absolute atomic E-state index is 8.88. The van der Waals surface area contributed by atoms with Gasteiger partial charge in [0.1, 0.15) is 0 Å². The Morgan fingerprint density at radius 2 is 0.552 bits per heavy atom. The van der Waals surface area contributed by atoms with Gasteiger partial charge in [0.05, 0.1) is 0 Å². The van der Waals surface area contributed by atoms with Crippen LogP contribution < -0.4 is 34.4 Å². The molecule has 29 heavy (non-hydrogen) atoms. The first-order valence-electron chi connectivity index (χ1n) is 5.98. The van der Waals surface area contributed by atoms with Crippen LogP contribution in [-0.4, -0.2) is 82.3 Å². The fourth-order valence-electron chi connectivity index (χ4n) is 0.854. The van der Waals surface area contributed by atoms with Gasteiger partial charge in [0.2, 0.25) is 35.7 Å². The van der Waals surface area contributed by atoms with Crippen LogP contribution in [0.15, 0.2) is 0 Å². The van der Waals surface area contributed by atoms with E-state index in [0.717, 1.165) is 0 Å². The van der Waals surface area contributed by atoms with Gasteiger partial charge >= 0.3 is 38.7 Å². The molecule has 0 amide bonds. The van der Waals surface area contributed by atoms with Gasteiger partial charge < -0.3 is 66.6 Å². The summed E-state index contributed by atoms with van der Waals surface area (Å²) in [5.74, 6) is 0.250. The number of aromatic nitrogens is 6. The van der Waals surface area contributed by atoms with E-state index in [0.29, 0.717) is 0 Å². The van der Waals surface area contributed by atoms with Crippen molar-refractivity contribution in [2.75, 3.05) is 34.4 Å². The first-order valence-corrected chi connectivity index (χ1v) is 9.11. The number of rotatable bonds is 0. The first-order chi connectivity index (χ1) is 12.4. The molecule has 164 valence electrons. The van der Waals surface area contributed by atoms with Crippen LogP contribution in [0.25, 0.3) is 0 Å². The van der Waals surface area contributed by atoms with Gasteiger partial charge in [0.25, 0.3) is 0 Å². The average Bonchev–Trinajstić information content (AvgIpc) is 2.30. The van der Waals surface area contributed by atoms with Crippen LogP contribution in [0.1, 0.15) is 2.85 Å². The number of hydrogen-bond acceptors (Lipinski definition) is 14. The zero-order valence-electron chi connectivity index (χ0n) is 16.2. The standard InChI is InChI=1S/2C3H6N6.Mg.2H3O4P.2H/c2*4-1-7-2(5)9-3(6)8-1;;2*1-5(2,3)4;;/h2*(H6,4,5,6,7,8,9);;2*(H3,1,2,3,4);;/q;;+2;;;2*-1. The van der Waals surface area contributed by atoms with Crippen molar-refractivity contribution < 1.29 is 41.3 Å². The Hall–Kier alpha value is -2.19. The second kappa shape index (κ2) is 13.9. The molecule has 20 nitrogen and oxygen atoms in total. The number of nitrogens with two attached hydrogens (primary N) is 6. The van der Waals surface area contributed by atoms with Gasteiger partial charge in [-0.25, -0.2) is 9.13 Å². The Bertz CT molecular complexity index is 671. The van der Waals surface area contributed by atoms with E-state index in [4.69, 9.17) is 72.9 Å². The topological polar surface area (TPSA) is 389 Å². The molecule has 0 saturated heterocycles. The second-order valence-electron chi connectivity index (χ2n) is 3.85. The van der Waals surface area contributed by atoms with Crippen molar-refractivity contribution in [1.29, 1.82) is 0 Å². The van der Waals surface area contributed by atoms with Crippen molar-refractivity contribution in [1.82, 2.24) is 29.9 Å². The quantitative estimate of drug-likeness (QED) is 0.126. The monoisotopic (exact) mass is 474 g/mol. The summed E-state index contributed by atoms with van der Waals surface area (Å²) >= 11 is 0. The van der Waals surface area contributed by atoms with E-state index in [1.165, 1.54) is 0 Å². The Kier molecular flexibility index (Phi) is 15.1. The summed E-state index contributed by atoms with van der Waals surface area (Å²) in [6.45, 7) is 0. The van der Waals surface area contributed by atoms with Gasteiger partial charge in [-0.2, -0.15) is 29.9 Å². The van der Waals surface area contributed by atoms with Crippen molar-refractivity contribution in [3.8, 4) is 0 Å². The third kappa shape index (κ3) is 30.8. The maximum Gasteiger partial charge on any atom is 2.00 e. The second-order valence-corrected chi connectivity index (χ2v) is 5.90. The summed E-state index contributed by atoms with van der Waals surface area (Å²) < 4.78 is 17.8. The minimum Gasteiger partial charge on any atom is -1.00 e. The molecule has 0 aliphatic heterocycles. The summed E-state index contributed by atoms with van der Waals surface area (Å²) in [7, 11) is -9.28. The number of anilines is 6. The van der Waals surface area contributed by atoms with Gasteiger partial charge in [-0.1, -0.05) is 0 Å². The number of hydrogen-bond donors (Lipinski definition) is 12. The molecule has 18 N–H and O–H groups in total. The maximum atomic E-state index is 8.88. The minimum absolute atomic E-state index is 0. The molecule has 0 bridgehead atoms. The van der Waals surface area contributed by atoms with Crippen LogP contribution >= 0.6 is 15.6 Å². The molecule has 23 heteroatoms. The van der Waals surface area contributed by atoms with E-state index in [1.54, 1.807) is 0 Å². The predicted molar refractivity (Wildman–Crippen MR) is 103 cm³/mol. The van der Waals surface area contributed by atoms with Crippen LogP contribution in [-0.2, 0) is 9.13 Å². The molecule has 0 aromatic carbocycles. The summed E-state index contributed by atoms with van der Waals surface area (Å²) in [6, 6.07) is 0. The smallest absolute Gasteiger partial charge is 1.00 e. The van der Waals surface area contributed by atoms with E-state index < -0.39 is 15.6 Å². The largest absolute Gasteiger partial charge is 2.00 e. The van der Waals surface area contributed by atoms with Gasteiger partial charge in [-0.3, -0.25) is 0 Å². The van der Waals surface area contributed by atoms with Gasteiger partial charge in [-0.05, 0) is 0 Å². The number of nitrogen functional groups attached to an aromatic ring is 6. The van der Waals surface area contributed by atoms with Crippen LogP contribution in [0.2, 0.25) is 0 Å². The van der Waals surface area contributed by atoms with E-state index in [9.17, 15) is 0 Å². The molecular weight excluding hydrogens is 454 g/mol. The Balaban J connectivity index is -0.0000000976. The Morgan fingerprint density at radius 1 is 0.483 bits per heavy atom. The van der Waals surface area contributed by atoms with Crippen molar-refractivity contribution in [3.05, 3.63) is 0 Å². The normalized spacial score (nSPS) is 9.86.